The molecule has 0 unspecified atom stereocenters. The molecule has 0 aliphatic heterocycles. The zero-order valence-electron chi connectivity index (χ0n) is 17.8. The van der Waals surface area contributed by atoms with Crippen LogP contribution in [0.2, 0.25) is 0 Å². The van der Waals surface area contributed by atoms with Crippen LogP contribution in [0.4, 0.5) is 17.3 Å². The van der Waals surface area contributed by atoms with Gasteiger partial charge in [0, 0.05) is 14.1 Å². The summed E-state index contributed by atoms with van der Waals surface area (Å²) >= 11 is 1.07. The highest BCUT2D eigenvalue weighted by molar-refractivity contribution is 6.99. The Labute approximate surface area is 181 Å². The molecule has 30 heavy (non-hydrogen) atoms. The summed E-state index contributed by atoms with van der Waals surface area (Å²) in [6, 6.07) is 15.2. The van der Waals surface area contributed by atoms with Crippen LogP contribution in [0.3, 0.4) is 0 Å². The minimum atomic E-state index is -0.275. The molecule has 3 rings (SSSR count). The van der Waals surface area contributed by atoms with Crippen molar-refractivity contribution in [1.29, 1.82) is 0 Å². The van der Waals surface area contributed by atoms with Gasteiger partial charge in [-0.1, -0.05) is 57.2 Å². The third-order valence-corrected chi connectivity index (χ3v) is 5.22. The topological polar surface area (TPSA) is 90.4 Å². The molecule has 1 aromatic heterocycles. The van der Waals surface area contributed by atoms with Crippen molar-refractivity contribution in [2.75, 3.05) is 24.7 Å². The van der Waals surface area contributed by atoms with Crippen LogP contribution in [-0.4, -0.2) is 38.8 Å². The molecule has 0 aliphatic carbocycles. The number of amides is 1. The molecule has 1 heterocycles. The molecular weight excluding hydrogens is 398 g/mol. The Balaban J connectivity index is 1.89. The number of nitrogens with one attached hydrogen (secondary N) is 2. The van der Waals surface area contributed by atoms with E-state index in [4.69, 9.17) is 0 Å². The zero-order chi connectivity index (χ0) is 21.9. The number of anilines is 3. The van der Waals surface area contributed by atoms with Gasteiger partial charge >= 0.3 is 0 Å². The number of aromatic nitrogens is 2. The predicted molar refractivity (Wildman–Crippen MR) is 122 cm³/mol. The van der Waals surface area contributed by atoms with E-state index < -0.39 is 0 Å². The number of hydrogen-bond donors (Lipinski definition) is 3. The number of benzene rings is 2. The van der Waals surface area contributed by atoms with E-state index in [0.29, 0.717) is 17.3 Å². The molecule has 0 saturated carbocycles. The van der Waals surface area contributed by atoms with E-state index in [0.717, 1.165) is 17.3 Å². The van der Waals surface area contributed by atoms with Crippen molar-refractivity contribution in [2.45, 2.75) is 26.8 Å². The predicted octanol–water partition coefficient (Wildman–Crippen LogP) is 4.89. The third-order valence-electron chi connectivity index (χ3n) is 4.69. The molecule has 0 saturated heterocycles. The lowest BCUT2D eigenvalue weighted by Crippen LogP contribution is -2.26. The second-order valence-corrected chi connectivity index (χ2v) is 8.87. The first-order chi connectivity index (χ1) is 14.2. The van der Waals surface area contributed by atoms with Gasteiger partial charge in [-0.05, 0) is 23.1 Å². The number of para-hydroxylation sites is 1. The monoisotopic (exact) mass is 425 g/mol. The second kappa shape index (κ2) is 8.71. The Hall–Kier alpha value is -3.13. The molecule has 1 amide bonds. The Morgan fingerprint density at radius 1 is 1.03 bits per heavy atom. The van der Waals surface area contributed by atoms with Gasteiger partial charge in [-0.3, -0.25) is 4.79 Å². The summed E-state index contributed by atoms with van der Waals surface area (Å²) in [5.41, 5.74) is 1.68. The maximum atomic E-state index is 12.3. The standard InChI is InChI=1S/C22H27N5O2S/c1-22(2,3)18(14-10-7-6-8-11-14)24-20-19(25-30-26-20)23-16-13-9-12-15(17(16)28)21(29)27(4)5/h6-13,18,28H,1-5H3,(H,23,25)(H,24,26)/t18-/m0/s1. The van der Waals surface area contributed by atoms with E-state index in [1.807, 2.05) is 18.2 Å². The van der Waals surface area contributed by atoms with E-state index in [-0.39, 0.29) is 28.7 Å². The summed E-state index contributed by atoms with van der Waals surface area (Å²) in [7, 11) is 3.29. The van der Waals surface area contributed by atoms with E-state index in [1.54, 1.807) is 32.3 Å². The van der Waals surface area contributed by atoms with Crippen molar-refractivity contribution in [3.63, 3.8) is 0 Å². The molecule has 3 aromatic rings. The van der Waals surface area contributed by atoms with Gasteiger partial charge in [-0.2, -0.15) is 8.75 Å². The molecule has 1 atom stereocenters. The van der Waals surface area contributed by atoms with E-state index in [1.165, 1.54) is 4.90 Å². The van der Waals surface area contributed by atoms with E-state index in [9.17, 15) is 9.90 Å². The number of phenolic OH excluding ortho intramolecular Hbond substituents is 1. The average molecular weight is 426 g/mol. The number of carbonyl (C=O) groups excluding carboxylic acids is 1. The molecule has 0 spiro atoms. The smallest absolute Gasteiger partial charge is 0.257 e. The molecule has 0 bridgehead atoms. The molecule has 3 N–H and O–H groups in total. The van der Waals surface area contributed by atoms with Crippen LogP contribution in [0, 0.1) is 5.41 Å². The van der Waals surface area contributed by atoms with Gasteiger partial charge in [-0.25, -0.2) is 0 Å². The first-order valence-corrected chi connectivity index (χ1v) is 10.4. The van der Waals surface area contributed by atoms with Crippen LogP contribution in [-0.2, 0) is 0 Å². The second-order valence-electron chi connectivity index (χ2n) is 8.34. The van der Waals surface area contributed by atoms with E-state index >= 15 is 0 Å². The first kappa shape index (κ1) is 21.6. The summed E-state index contributed by atoms with van der Waals surface area (Å²) < 4.78 is 8.75. The van der Waals surface area contributed by atoms with Crippen molar-refractivity contribution in [2.24, 2.45) is 5.41 Å². The molecular formula is C22H27N5O2S. The molecule has 0 aliphatic rings. The van der Waals surface area contributed by atoms with Crippen LogP contribution >= 0.6 is 11.7 Å². The fourth-order valence-corrected chi connectivity index (χ4v) is 3.61. The maximum absolute atomic E-state index is 12.3. The molecule has 158 valence electrons. The van der Waals surface area contributed by atoms with Gasteiger partial charge in [-0.15, -0.1) is 0 Å². The van der Waals surface area contributed by atoms with Crippen molar-refractivity contribution < 1.29 is 9.90 Å². The third kappa shape index (κ3) is 4.71. The number of hydrogen-bond acceptors (Lipinski definition) is 7. The van der Waals surface area contributed by atoms with Gasteiger partial charge in [0.15, 0.2) is 17.4 Å². The lowest BCUT2D eigenvalue weighted by Gasteiger charge is -2.32. The normalized spacial score (nSPS) is 12.3. The maximum Gasteiger partial charge on any atom is 0.257 e. The van der Waals surface area contributed by atoms with Crippen LogP contribution < -0.4 is 10.6 Å². The van der Waals surface area contributed by atoms with Gasteiger partial charge < -0.3 is 20.6 Å². The highest BCUT2D eigenvalue weighted by atomic mass is 32.1. The quantitative estimate of drug-likeness (QED) is 0.487. The lowest BCUT2D eigenvalue weighted by atomic mass is 9.82. The van der Waals surface area contributed by atoms with Gasteiger partial charge in [0.05, 0.1) is 29.0 Å². The molecule has 2 aromatic carbocycles. The molecule has 0 fully saturated rings. The summed E-state index contributed by atoms with van der Waals surface area (Å²) in [4.78, 5) is 13.7. The van der Waals surface area contributed by atoms with Crippen molar-refractivity contribution in [3.8, 4) is 5.75 Å². The minimum absolute atomic E-state index is 0.00148. The number of rotatable bonds is 6. The fourth-order valence-electron chi connectivity index (χ4n) is 3.13. The minimum Gasteiger partial charge on any atom is -0.505 e. The fraction of sp³-hybridized carbons (Fsp3) is 0.318. The van der Waals surface area contributed by atoms with Gasteiger partial charge in [0.1, 0.15) is 0 Å². The number of carbonyl (C=O) groups is 1. The van der Waals surface area contributed by atoms with Crippen molar-refractivity contribution in [3.05, 3.63) is 59.7 Å². The Kier molecular flexibility index (Phi) is 6.26. The molecule has 8 heteroatoms. The van der Waals surface area contributed by atoms with Gasteiger partial charge in [0.2, 0.25) is 0 Å². The van der Waals surface area contributed by atoms with Crippen LogP contribution in [0.5, 0.6) is 5.75 Å². The first-order valence-electron chi connectivity index (χ1n) is 9.63. The van der Waals surface area contributed by atoms with Crippen LogP contribution in [0.25, 0.3) is 0 Å². The summed E-state index contributed by atoms with van der Waals surface area (Å²) in [5, 5.41) is 17.2. The summed E-state index contributed by atoms with van der Waals surface area (Å²) in [6.07, 6.45) is 0. The largest absolute Gasteiger partial charge is 0.505 e. The van der Waals surface area contributed by atoms with Crippen molar-refractivity contribution in [1.82, 2.24) is 13.6 Å². The Morgan fingerprint density at radius 2 is 1.70 bits per heavy atom. The summed E-state index contributed by atoms with van der Waals surface area (Å²) in [6.45, 7) is 6.48. The molecule has 0 radical (unpaired) electrons. The Morgan fingerprint density at radius 3 is 2.33 bits per heavy atom. The molecule has 7 nitrogen and oxygen atoms in total. The van der Waals surface area contributed by atoms with Crippen molar-refractivity contribution >= 4 is 35.0 Å². The SMILES string of the molecule is CN(C)C(=O)c1cccc(Nc2nsnc2N[C@@H](c2ccccc2)C(C)(C)C)c1O. The van der Waals surface area contributed by atoms with Gasteiger partial charge in [0.25, 0.3) is 5.91 Å². The highest BCUT2D eigenvalue weighted by Gasteiger charge is 2.28. The number of phenols is 1. The number of nitrogens with zero attached hydrogens (tertiary/aromatic N) is 3. The lowest BCUT2D eigenvalue weighted by molar-refractivity contribution is 0.0824. The average Bonchev–Trinajstić information content (AvgIpc) is 3.13. The van der Waals surface area contributed by atoms with Crippen LogP contribution in [0.15, 0.2) is 48.5 Å². The zero-order valence-corrected chi connectivity index (χ0v) is 18.6. The van der Waals surface area contributed by atoms with Crippen LogP contribution in [0.1, 0.15) is 42.7 Å². The Bertz CT molecular complexity index is 1010. The van der Waals surface area contributed by atoms with E-state index in [2.05, 4.69) is 52.3 Å². The summed E-state index contributed by atoms with van der Waals surface area (Å²) in [5.74, 6) is 0.691. The highest BCUT2D eigenvalue weighted by Crippen LogP contribution is 2.38. The number of aromatic hydroxyl groups is 1.